The average molecular weight is 171 g/mol. The third-order valence-corrected chi connectivity index (χ3v) is 1.90. The van der Waals surface area contributed by atoms with Gasteiger partial charge in [-0.05, 0) is 32.6 Å². The molecule has 1 aliphatic carbocycles. The number of hydrogen-bond donors (Lipinski definition) is 0. The van der Waals surface area contributed by atoms with E-state index in [0.29, 0.717) is 6.61 Å². The maximum absolute atomic E-state index is 10.8. The maximum Gasteiger partial charge on any atom is 0.508 e. The van der Waals surface area contributed by atoms with Crippen molar-refractivity contribution in [3.05, 3.63) is 6.10 Å². The fourth-order valence-electron chi connectivity index (χ4n) is 1.31. The molecule has 3 nitrogen and oxygen atoms in total. The van der Waals surface area contributed by atoms with Crippen LogP contribution in [0.15, 0.2) is 0 Å². The molecule has 0 N–H and O–H groups in total. The van der Waals surface area contributed by atoms with Crippen molar-refractivity contribution >= 4 is 6.16 Å². The summed E-state index contributed by atoms with van der Waals surface area (Å²) in [6, 6.07) is 0. The number of carbonyl (C=O) groups excluding carboxylic acids is 1. The van der Waals surface area contributed by atoms with Crippen molar-refractivity contribution in [1.82, 2.24) is 0 Å². The molecule has 0 bridgehead atoms. The third kappa shape index (κ3) is 3.11. The van der Waals surface area contributed by atoms with Crippen LogP contribution in [0.4, 0.5) is 4.79 Å². The predicted molar refractivity (Wildman–Crippen MR) is 44.4 cm³/mol. The summed E-state index contributed by atoms with van der Waals surface area (Å²) < 4.78 is 9.65. The van der Waals surface area contributed by atoms with E-state index in [1.54, 1.807) is 6.92 Å². The van der Waals surface area contributed by atoms with E-state index < -0.39 is 6.16 Å². The second kappa shape index (κ2) is 5.01. The lowest BCUT2D eigenvalue weighted by molar-refractivity contribution is 0.0538. The van der Waals surface area contributed by atoms with Crippen LogP contribution in [-0.2, 0) is 9.47 Å². The lowest BCUT2D eigenvalue weighted by Gasteiger charge is -2.19. The molecule has 0 amide bonds. The first-order valence-corrected chi connectivity index (χ1v) is 4.52. The largest absolute Gasteiger partial charge is 0.508 e. The average Bonchev–Trinajstić information content (AvgIpc) is 2.06. The Morgan fingerprint density at radius 2 is 2.00 bits per heavy atom. The molecule has 0 aromatic carbocycles. The van der Waals surface area contributed by atoms with Gasteiger partial charge in [0.1, 0.15) is 0 Å². The molecule has 0 atom stereocenters. The van der Waals surface area contributed by atoms with Crippen LogP contribution >= 0.6 is 0 Å². The van der Waals surface area contributed by atoms with Gasteiger partial charge >= 0.3 is 6.16 Å². The zero-order chi connectivity index (χ0) is 8.81. The molecule has 0 unspecified atom stereocenters. The molecule has 12 heavy (non-hydrogen) atoms. The van der Waals surface area contributed by atoms with Crippen molar-refractivity contribution in [2.45, 2.75) is 39.0 Å². The van der Waals surface area contributed by atoms with Crippen molar-refractivity contribution in [3.63, 3.8) is 0 Å². The van der Waals surface area contributed by atoms with E-state index in [2.05, 4.69) is 4.74 Å². The number of hydrogen-bond acceptors (Lipinski definition) is 3. The zero-order valence-corrected chi connectivity index (χ0v) is 7.47. The van der Waals surface area contributed by atoms with Crippen LogP contribution in [0.1, 0.15) is 39.0 Å². The number of carbonyl (C=O) groups is 1. The molecule has 0 aromatic heterocycles. The molecule has 69 valence electrons. The van der Waals surface area contributed by atoms with Gasteiger partial charge in [-0.15, -0.1) is 0 Å². The molecule has 1 saturated carbocycles. The van der Waals surface area contributed by atoms with E-state index in [1.807, 2.05) is 0 Å². The molecule has 0 aromatic rings. The van der Waals surface area contributed by atoms with Crippen LogP contribution < -0.4 is 0 Å². The van der Waals surface area contributed by atoms with Crippen LogP contribution in [0.3, 0.4) is 0 Å². The lowest BCUT2D eigenvalue weighted by atomic mass is 9.98. The van der Waals surface area contributed by atoms with Gasteiger partial charge in [-0.3, -0.25) is 0 Å². The van der Waals surface area contributed by atoms with E-state index in [1.165, 1.54) is 6.42 Å². The topological polar surface area (TPSA) is 35.5 Å². The summed E-state index contributed by atoms with van der Waals surface area (Å²) in [5.41, 5.74) is 0. The Kier molecular flexibility index (Phi) is 3.91. The van der Waals surface area contributed by atoms with E-state index in [-0.39, 0.29) is 0 Å². The lowest BCUT2D eigenvalue weighted by Crippen LogP contribution is -2.14. The summed E-state index contributed by atoms with van der Waals surface area (Å²) >= 11 is 0. The molecule has 1 aliphatic rings. The smallest absolute Gasteiger partial charge is 0.435 e. The zero-order valence-electron chi connectivity index (χ0n) is 7.47. The van der Waals surface area contributed by atoms with Crippen molar-refractivity contribution in [1.29, 1.82) is 0 Å². The molecule has 1 radical (unpaired) electrons. The summed E-state index contributed by atoms with van der Waals surface area (Å²) in [7, 11) is 0. The first kappa shape index (κ1) is 9.36. The third-order valence-electron chi connectivity index (χ3n) is 1.90. The van der Waals surface area contributed by atoms with Gasteiger partial charge in [-0.1, -0.05) is 6.42 Å². The fourth-order valence-corrected chi connectivity index (χ4v) is 1.31. The van der Waals surface area contributed by atoms with Crippen molar-refractivity contribution < 1.29 is 14.3 Å². The Balaban J connectivity index is 2.15. The summed E-state index contributed by atoms with van der Waals surface area (Å²) in [5.74, 6) is 0. The molecular formula is C9H15O3. The minimum atomic E-state index is -0.547. The molecule has 0 saturated heterocycles. The van der Waals surface area contributed by atoms with Gasteiger partial charge in [0.2, 0.25) is 0 Å². The maximum atomic E-state index is 10.8. The Morgan fingerprint density at radius 1 is 1.33 bits per heavy atom. The van der Waals surface area contributed by atoms with Gasteiger partial charge in [0, 0.05) is 0 Å². The predicted octanol–water partition coefficient (Wildman–Crippen LogP) is 2.66. The van der Waals surface area contributed by atoms with Crippen molar-refractivity contribution in [2.75, 3.05) is 6.61 Å². The Labute approximate surface area is 73.0 Å². The monoisotopic (exact) mass is 171 g/mol. The minimum absolute atomic E-state index is 0.381. The van der Waals surface area contributed by atoms with E-state index >= 15 is 0 Å². The van der Waals surface area contributed by atoms with Crippen molar-refractivity contribution in [2.24, 2.45) is 0 Å². The Bertz CT molecular complexity index is 139. The summed E-state index contributed by atoms with van der Waals surface area (Å²) in [6.07, 6.45) is 5.69. The van der Waals surface area contributed by atoms with Crippen LogP contribution in [0, 0.1) is 6.10 Å². The molecule has 0 aliphatic heterocycles. The molecule has 0 heterocycles. The molecule has 1 rings (SSSR count). The molecular weight excluding hydrogens is 156 g/mol. The second-order valence-electron chi connectivity index (χ2n) is 2.88. The summed E-state index contributed by atoms with van der Waals surface area (Å²) in [4.78, 5) is 10.8. The van der Waals surface area contributed by atoms with Gasteiger partial charge in [-0.2, -0.15) is 0 Å². The van der Waals surface area contributed by atoms with Crippen LogP contribution in [0.5, 0.6) is 0 Å². The second-order valence-corrected chi connectivity index (χ2v) is 2.88. The quantitative estimate of drug-likeness (QED) is 0.599. The first-order chi connectivity index (χ1) is 5.83. The summed E-state index contributed by atoms with van der Waals surface area (Å²) in [5, 5.41) is 0. The van der Waals surface area contributed by atoms with Crippen molar-refractivity contribution in [3.8, 4) is 0 Å². The Morgan fingerprint density at radius 3 is 2.58 bits per heavy atom. The highest BCUT2D eigenvalue weighted by molar-refractivity contribution is 5.60. The van der Waals surface area contributed by atoms with Gasteiger partial charge < -0.3 is 9.47 Å². The molecule has 0 spiro atoms. The van der Waals surface area contributed by atoms with Gasteiger partial charge in [0.15, 0.2) is 6.10 Å². The van der Waals surface area contributed by atoms with Crippen LogP contribution in [0.2, 0.25) is 0 Å². The number of rotatable bonds is 2. The van der Waals surface area contributed by atoms with E-state index in [9.17, 15) is 4.79 Å². The highest BCUT2D eigenvalue weighted by Crippen LogP contribution is 2.26. The normalized spacial score (nSPS) is 18.8. The standard InChI is InChI=1S/C9H15O3/c1-2-11-9(10)12-8-6-4-3-5-7-8/h2-7H2,1H3. The van der Waals surface area contributed by atoms with E-state index in [4.69, 9.17) is 4.74 Å². The Hall–Kier alpha value is -0.730. The molecule has 3 heteroatoms. The highest BCUT2D eigenvalue weighted by Gasteiger charge is 2.19. The fraction of sp³-hybridized carbons (Fsp3) is 0.778. The van der Waals surface area contributed by atoms with Gasteiger partial charge in [-0.25, -0.2) is 4.79 Å². The van der Waals surface area contributed by atoms with Gasteiger partial charge in [0.25, 0.3) is 0 Å². The SMILES string of the molecule is CCOC(=O)O[C]1CCCCC1. The van der Waals surface area contributed by atoms with E-state index in [0.717, 1.165) is 31.8 Å². The van der Waals surface area contributed by atoms with Crippen LogP contribution in [0.25, 0.3) is 0 Å². The van der Waals surface area contributed by atoms with Gasteiger partial charge in [0.05, 0.1) is 6.61 Å². The highest BCUT2D eigenvalue weighted by atomic mass is 16.7. The molecule has 1 fully saturated rings. The van der Waals surface area contributed by atoms with Crippen LogP contribution in [-0.4, -0.2) is 12.8 Å². The minimum Gasteiger partial charge on any atom is -0.435 e. The number of ether oxygens (including phenoxy) is 2. The summed E-state index contributed by atoms with van der Waals surface area (Å²) in [6.45, 7) is 2.15. The first-order valence-electron chi connectivity index (χ1n) is 4.52.